The maximum atomic E-state index is 6.11. The van der Waals surface area contributed by atoms with Gasteiger partial charge < -0.3 is 10.3 Å². The van der Waals surface area contributed by atoms with Crippen LogP contribution in [0.4, 0.5) is 5.69 Å². The quantitative estimate of drug-likeness (QED) is 0.701. The van der Waals surface area contributed by atoms with Crippen molar-refractivity contribution in [3.05, 3.63) is 45.5 Å². The fraction of sp³-hybridized carbons (Fsp3) is 0. The molecule has 0 aliphatic heterocycles. The Kier molecular flexibility index (Phi) is 3.71. The summed E-state index contributed by atoms with van der Waals surface area (Å²) < 4.78 is 5.19. The molecule has 0 aliphatic rings. The van der Waals surface area contributed by atoms with E-state index in [1.165, 1.54) is 6.20 Å². The van der Waals surface area contributed by atoms with E-state index in [-0.39, 0.29) is 11.6 Å². The molecule has 0 radical (unpaired) electrons. The summed E-state index contributed by atoms with van der Waals surface area (Å²) in [6.45, 7) is 0. The van der Waals surface area contributed by atoms with E-state index in [0.29, 0.717) is 32.1 Å². The van der Waals surface area contributed by atoms with E-state index in [1.54, 1.807) is 24.3 Å². The topological polar surface area (TPSA) is 77.8 Å². The first-order valence-corrected chi connectivity index (χ1v) is 6.89. The molecule has 8 heteroatoms. The summed E-state index contributed by atoms with van der Waals surface area (Å²) in [6, 6.07) is 6.57. The van der Waals surface area contributed by atoms with Crippen molar-refractivity contribution in [2.24, 2.45) is 0 Å². The number of hydrogen-bond donors (Lipinski definition) is 1. The third kappa shape index (κ3) is 2.68. The van der Waals surface area contributed by atoms with Crippen LogP contribution < -0.4 is 5.73 Å². The van der Waals surface area contributed by atoms with E-state index in [0.717, 1.165) is 0 Å². The molecule has 0 amide bonds. The van der Waals surface area contributed by atoms with Crippen LogP contribution in [0, 0.1) is 0 Å². The van der Waals surface area contributed by atoms with E-state index in [2.05, 4.69) is 15.1 Å². The maximum Gasteiger partial charge on any atom is 0.261 e. The molecule has 3 aromatic rings. The Morgan fingerprint density at radius 2 is 1.76 bits per heavy atom. The smallest absolute Gasteiger partial charge is 0.261 e. The van der Waals surface area contributed by atoms with Gasteiger partial charge in [0.1, 0.15) is 5.69 Å². The fourth-order valence-corrected chi connectivity index (χ4v) is 2.24. The second kappa shape index (κ2) is 5.52. The highest BCUT2D eigenvalue weighted by atomic mass is 35.5. The SMILES string of the molecule is Nc1c(Cl)ccc(Cl)c1-c1nc(-c2ccc(Cl)cn2)no1. The molecule has 0 saturated heterocycles. The highest BCUT2D eigenvalue weighted by Crippen LogP contribution is 2.37. The van der Waals surface area contributed by atoms with E-state index in [1.807, 2.05) is 0 Å². The normalized spacial score (nSPS) is 10.8. The van der Waals surface area contributed by atoms with Crippen molar-refractivity contribution in [3.8, 4) is 23.0 Å². The van der Waals surface area contributed by atoms with E-state index >= 15 is 0 Å². The van der Waals surface area contributed by atoms with Crippen molar-refractivity contribution in [2.75, 3.05) is 5.73 Å². The molecule has 0 atom stereocenters. The van der Waals surface area contributed by atoms with Crippen LogP contribution in [0.2, 0.25) is 15.1 Å². The molecule has 0 spiro atoms. The molecule has 5 nitrogen and oxygen atoms in total. The minimum atomic E-state index is 0.173. The molecule has 0 bridgehead atoms. The molecular weight excluding hydrogens is 335 g/mol. The van der Waals surface area contributed by atoms with Crippen LogP contribution in [0.5, 0.6) is 0 Å². The van der Waals surface area contributed by atoms with Crippen molar-refractivity contribution in [1.82, 2.24) is 15.1 Å². The number of hydrogen-bond acceptors (Lipinski definition) is 5. The molecule has 21 heavy (non-hydrogen) atoms. The summed E-state index contributed by atoms with van der Waals surface area (Å²) in [6.07, 6.45) is 1.49. The molecule has 2 aromatic heterocycles. The average Bonchev–Trinajstić information content (AvgIpc) is 2.94. The Hall–Kier alpha value is -1.82. The summed E-state index contributed by atoms with van der Waals surface area (Å²) in [4.78, 5) is 8.35. The van der Waals surface area contributed by atoms with Gasteiger partial charge in [0.05, 0.1) is 26.3 Å². The molecule has 0 saturated carbocycles. The molecule has 3 rings (SSSR count). The highest BCUT2D eigenvalue weighted by Gasteiger charge is 2.18. The van der Waals surface area contributed by atoms with Crippen LogP contribution in [0.25, 0.3) is 23.0 Å². The van der Waals surface area contributed by atoms with Crippen LogP contribution in [-0.4, -0.2) is 15.1 Å². The lowest BCUT2D eigenvalue weighted by atomic mass is 10.2. The lowest BCUT2D eigenvalue weighted by molar-refractivity contribution is 0.432. The first kappa shape index (κ1) is 14.1. The van der Waals surface area contributed by atoms with Crippen molar-refractivity contribution >= 4 is 40.5 Å². The number of rotatable bonds is 2. The zero-order valence-electron chi connectivity index (χ0n) is 10.3. The van der Waals surface area contributed by atoms with Crippen LogP contribution in [0.3, 0.4) is 0 Å². The van der Waals surface area contributed by atoms with Crippen LogP contribution in [0.1, 0.15) is 0 Å². The number of aromatic nitrogens is 3. The van der Waals surface area contributed by atoms with Gasteiger partial charge in [0, 0.05) is 6.20 Å². The van der Waals surface area contributed by atoms with Gasteiger partial charge in [-0.15, -0.1) is 0 Å². The second-order valence-electron chi connectivity index (χ2n) is 4.10. The Morgan fingerprint density at radius 3 is 2.48 bits per heavy atom. The summed E-state index contributed by atoms with van der Waals surface area (Å²) >= 11 is 17.9. The minimum Gasteiger partial charge on any atom is -0.397 e. The first-order chi connectivity index (χ1) is 10.1. The van der Waals surface area contributed by atoms with E-state index < -0.39 is 0 Å². The third-order valence-corrected chi connectivity index (χ3v) is 3.61. The lowest BCUT2D eigenvalue weighted by Gasteiger charge is -2.04. The molecule has 106 valence electrons. The van der Waals surface area contributed by atoms with Gasteiger partial charge in [0.25, 0.3) is 5.89 Å². The summed E-state index contributed by atoms with van der Waals surface area (Å²) in [5.41, 5.74) is 7.11. The van der Waals surface area contributed by atoms with Crippen molar-refractivity contribution in [1.29, 1.82) is 0 Å². The highest BCUT2D eigenvalue weighted by molar-refractivity contribution is 6.37. The monoisotopic (exact) mass is 340 g/mol. The van der Waals surface area contributed by atoms with Crippen molar-refractivity contribution in [2.45, 2.75) is 0 Å². The predicted octanol–water partition coefficient (Wildman–Crippen LogP) is 4.34. The average molecular weight is 342 g/mol. The molecular formula is C13H7Cl3N4O. The molecule has 2 N–H and O–H groups in total. The number of nitrogen functional groups attached to an aromatic ring is 1. The summed E-state index contributed by atoms with van der Waals surface area (Å²) in [7, 11) is 0. The minimum absolute atomic E-state index is 0.173. The van der Waals surface area contributed by atoms with Gasteiger partial charge >= 0.3 is 0 Å². The van der Waals surface area contributed by atoms with E-state index in [4.69, 9.17) is 45.1 Å². The molecule has 1 aromatic carbocycles. The Morgan fingerprint density at radius 1 is 1.00 bits per heavy atom. The standard InChI is InChI=1S/C13H7Cl3N4O/c14-6-1-4-9(18-5-6)12-19-13(21-20-12)10-7(15)2-3-8(16)11(10)17/h1-5H,17H2. The Bertz CT molecular complexity index is 802. The van der Waals surface area contributed by atoms with E-state index in [9.17, 15) is 0 Å². The number of nitrogens with two attached hydrogens (primary N) is 1. The first-order valence-electron chi connectivity index (χ1n) is 5.75. The van der Waals surface area contributed by atoms with Gasteiger partial charge in [-0.2, -0.15) is 4.98 Å². The molecule has 0 unspecified atom stereocenters. The van der Waals surface area contributed by atoms with Crippen LogP contribution in [0.15, 0.2) is 35.0 Å². The summed E-state index contributed by atoms with van der Waals surface area (Å²) in [5.74, 6) is 0.476. The van der Waals surface area contributed by atoms with Gasteiger partial charge in [0.2, 0.25) is 5.82 Å². The van der Waals surface area contributed by atoms with Crippen LogP contribution in [-0.2, 0) is 0 Å². The number of anilines is 1. The largest absolute Gasteiger partial charge is 0.397 e. The summed E-state index contributed by atoms with van der Waals surface area (Å²) in [5, 5.41) is 5.10. The molecule has 2 heterocycles. The molecule has 0 aliphatic carbocycles. The van der Waals surface area contributed by atoms with Crippen molar-refractivity contribution < 1.29 is 4.52 Å². The Labute approximate surface area is 134 Å². The molecule has 0 fully saturated rings. The zero-order chi connectivity index (χ0) is 15.0. The predicted molar refractivity (Wildman–Crippen MR) is 82.4 cm³/mol. The van der Waals surface area contributed by atoms with Crippen molar-refractivity contribution in [3.63, 3.8) is 0 Å². The van der Waals surface area contributed by atoms with Gasteiger partial charge in [-0.1, -0.05) is 40.0 Å². The van der Waals surface area contributed by atoms with Gasteiger partial charge in [-0.25, -0.2) is 0 Å². The van der Waals surface area contributed by atoms with Gasteiger partial charge in [-0.05, 0) is 24.3 Å². The second-order valence-corrected chi connectivity index (χ2v) is 5.35. The zero-order valence-corrected chi connectivity index (χ0v) is 12.6. The van der Waals surface area contributed by atoms with Gasteiger partial charge in [-0.3, -0.25) is 4.98 Å². The fourth-order valence-electron chi connectivity index (χ4n) is 1.72. The number of nitrogens with zero attached hydrogens (tertiary/aromatic N) is 3. The number of halogens is 3. The number of pyridine rings is 1. The Balaban J connectivity index is 2.07. The lowest BCUT2D eigenvalue weighted by Crippen LogP contribution is -1.93. The maximum absolute atomic E-state index is 6.11. The number of benzene rings is 1. The third-order valence-electron chi connectivity index (χ3n) is 2.74. The van der Waals surface area contributed by atoms with Crippen LogP contribution >= 0.6 is 34.8 Å². The van der Waals surface area contributed by atoms with Gasteiger partial charge in [0.15, 0.2) is 0 Å².